The first-order chi connectivity index (χ1) is 11.1. The Kier molecular flexibility index (Phi) is 10.9. The Labute approximate surface area is 167 Å². The molecule has 0 aliphatic carbocycles. The molecule has 0 aromatic carbocycles. The van der Waals surface area contributed by atoms with Crippen LogP contribution in [0, 0.1) is 5.41 Å². The molecule has 1 aromatic rings. The molecule has 1 aromatic heterocycles. The number of rotatable bonds is 6. The summed E-state index contributed by atoms with van der Waals surface area (Å²) in [6.07, 6.45) is 3.42. The molecule has 0 unspecified atom stereocenters. The van der Waals surface area contributed by atoms with Crippen LogP contribution in [0.1, 0.15) is 45.9 Å². The second-order valence-corrected chi connectivity index (χ2v) is 6.90. The Bertz CT molecular complexity index is 516. The molecule has 0 radical (unpaired) electrons. The molecule has 25 heavy (non-hydrogen) atoms. The molecule has 2 N–H and O–H groups in total. The number of carbonyl (C=O) groups is 1. The number of hydrogen-bond donors (Lipinski definition) is 1. The van der Waals surface area contributed by atoms with E-state index in [4.69, 9.17) is 5.73 Å². The largest absolute Gasteiger partial charge is 0.345 e. The van der Waals surface area contributed by atoms with Gasteiger partial charge in [0.25, 0.3) is 0 Å². The average Bonchev–Trinajstić information content (AvgIpc) is 2.93. The zero-order valence-corrected chi connectivity index (χ0v) is 17.8. The molecular formula is C16H31Cl2N5OS. The maximum absolute atomic E-state index is 13.0. The Hall–Kier alpha value is -0.630. The molecule has 6 nitrogen and oxygen atoms in total. The highest BCUT2D eigenvalue weighted by atomic mass is 35.5. The molecular weight excluding hydrogens is 381 g/mol. The van der Waals surface area contributed by atoms with Gasteiger partial charge in [-0.05, 0) is 19.3 Å². The Morgan fingerprint density at radius 1 is 1.16 bits per heavy atom. The monoisotopic (exact) mass is 411 g/mol. The van der Waals surface area contributed by atoms with Crippen molar-refractivity contribution in [2.24, 2.45) is 11.1 Å². The molecule has 0 spiro atoms. The van der Waals surface area contributed by atoms with Crippen LogP contribution in [0.3, 0.4) is 0 Å². The van der Waals surface area contributed by atoms with Crippen LogP contribution in [0.15, 0.2) is 0 Å². The predicted molar refractivity (Wildman–Crippen MR) is 109 cm³/mol. The van der Waals surface area contributed by atoms with Crippen molar-refractivity contribution in [2.75, 3.05) is 37.6 Å². The van der Waals surface area contributed by atoms with E-state index in [0.29, 0.717) is 6.54 Å². The number of aromatic nitrogens is 2. The molecule has 1 fully saturated rings. The molecule has 0 saturated carbocycles. The summed E-state index contributed by atoms with van der Waals surface area (Å²) >= 11 is 1.46. The molecule has 1 aliphatic heterocycles. The second kappa shape index (κ2) is 11.2. The zero-order chi connectivity index (χ0) is 16.9. The summed E-state index contributed by atoms with van der Waals surface area (Å²) in [5.41, 5.74) is 5.54. The minimum absolute atomic E-state index is 0. The van der Waals surface area contributed by atoms with E-state index in [2.05, 4.69) is 35.0 Å². The summed E-state index contributed by atoms with van der Waals surface area (Å²) in [6.45, 7) is 9.90. The lowest BCUT2D eigenvalue weighted by molar-refractivity contribution is -0.142. The number of hydrogen-bond acceptors (Lipinski definition) is 6. The Balaban J connectivity index is 0.00000288. The molecule has 2 heterocycles. The van der Waals surface area contributed by atoms with Crippen LogP contribution in [0.5, 0.6) is 0 Å². The van der Waals surface area contributed by atoms with Crippen molar-refractivity contribution in [2.45, 2.75) is 46.5 Å². The fourth-order valence-electron chi connectivity index (χ4n) is 3.09. The zero-order valence-electron chi connectivity index (χ0n) is 15.4. The van der Waals surface area contributed by atoms with Gasteiger partial charge in [0.2, 0.25) is 11.0 Å². The summed E-state index contributed by atoms with van der Waals surface area (Å²) in [6, 6.07) is 0. The molecule has 1 amide bonds. The van der Waals surface area contributed by atoms with Gasteiger partial charge in [-0.15, -0.1) is 24.8 Å². The minimum Gasteiger partial charge on any atom is -0.345 e. The average molecular weight is 412 g/mol. The Morgan fingerprint density at radius 2 is 1.84 bits per heavy atom. The minimum atomic E-state index is -0.396. The predicted octanol–water partition coefficient (Wildman–Crippen LogP) is 2.75. The lowest BCUT2D eigenvalue weighted by Crippen LogP contribution is -2.48. The van der Waals surface area contributed by atoms with Crippen LogP contribution >= 0.6 is 36.3 Å². The van der Waals surface area contributed by atoms with Crippen molar-refractivity contribution in [1.29, 1.82) is 0 Å². The van der Waals surface area contributed by atoms with Crippen LogP contribution in [-0.2, 0) is 11.2 Å². The van der Waals surface area contributed by atoms with Gasteiger partial charge in [0.1, 0.15) is 5.82 Å². The van der Waals surface area contributed by atoms with Crippen molar-refractivity contribution < 1.29 is 4.79 Å². The number of nitrogens with two attached hydrogens (primary N) is 1. The van der Waals surface area contributed by atoms with Gasteiger partial charge >= 0.3 is 0 Å². The Morgan fingerprint density at radius 3 is 2.36 bits per heavy atom. The number of halogens is 2. The van der Waals surface area contributed by atoms with E-state index < -0.39 is 5.41 Å². The van der Waals surface area contributed by atoms with E-state index >= 15 is 0 Å². The first kappa shape index (κ1) is 24.4. The standard InChI is InChI=1S/C16H29N5OS.2ClH/c1-4-13-18-15(23-19-13)21-9-7-8-20(10-11-21)14(22)16(5-2,6-3)12-17;;/h4-12,17H2,1-3H3;2*1H. The van der Waals surface area contributed by atoms with E-state index in [9.17, 15) is 4.79 Å². The maximum atomic E-state index is 13.0. The number of aryl methyl sites for hydroxylation is 1. The van der Waals surface area contributed by atoms with Crippen molar-refractivity contribution in [3.05, 3.63) is 5.82 Å². The van der Waals surface area contributed by atoms with Gasteiger partial charge in [-0.3, -0.25) is 4.79 Å². The van der Waals surface area contributed by atoms with E-state index in [1.54, 1.807) is 0 Å². The van der Waals surface area contributed by atoms with Crippen LogP contribution in [-0.4, -0.2) is 52.9 Å². The van der Waals surface area contributed by atoms with Crippen LogP contribution in [0.25, 0.3) is 0 Å². The third kappa shape index (κ3) is 5.42. The molecule has 0 bridgehead atoms. The summed E-state index contributed by atoms with van der Waals surface area (Å²) in [4.78, 5) is 21.8. The van der Waals surface area contributed by atoms with Crippen molar-refractivity contribution >= 4 is 47.4 Å². The van der Waals surface area contributed by atoms with E-state index in [1.165, 1.54) is 11.5 Å². The van der Waals surface area contributed by atoms with Gasteiger partial charge in [-0.2, -0.15) is 4.37 Å². The van der Waals surface area contributed by atoms with Crippen LogP contribution in [0.2, 0.25) is 0 Å². The lowest BCUT2D eigenvalue weighted by atomic mass is 9.81. The fourth-order valence-corrected chi connectivity index (χ4v) is 3.89. The lowest BCUT2D eigenvalue weighted by Gasteiger charge is -2.34. The quantitative estimate of drug-likeness (QED) is 0.778. The molecule has 146 valence electrons. The summed E-state index contributed by atoms with van der Waals surface area (Å²) < 4.78 is 4.37. The van der Waals surface area contributed by atoms with Gasteiger partial charge in [0.05, 0.1) is 5.41 Å². The molecule has 2 rings (SSSR count). The number of nitrogens with zero attached hydrogens (tertiary/aromatic N) is 4. The summed E-state index contributed by atoms with van der Waals surface area (Å²) in [5, 5.41) is 0.979. The first-order valence-corrected chi connectivity index (χ1v) is 9.44. The third-order valence-corrected chi connectivity index (χ3v) is 5.84. The van der Waals surface area contributed by atoms with Crippen molar-refractivity contribution in [3.63, 3.8) is 0 Å². The van der Waals surface area contributed by atoms with E-state index in [1.807, 2.05) is 4.90 Å². The van der Waals surface area contributed by atoms with Crippen LogP contribution in [0.4, 0.5) is 5.13 Å². The van der Waals surface area contributed by atoms with Crippen molar-refractivity contribution in [3.8, 4) is 0 Å². The fraction of sp³-hybridized carbons (Fsp3) is 0.812. The number of amides is 1. The highest BCUT2D eigenvalue weighted by Gasteiger charge is 2.37. The smallest absolute Gasteiger partial charge is 0.230 e. The highest BCUT2D eigenvalue weighted by molar-refractivity contribution is 7.09. The third-order valence-electron chi connectivity index (χ3n) is 5.03. The summed E-state index contributed by atoms with van der Waals surface area (Å²) in [7, 11) is 0. The van der Waals surface area contributed by atoms with Crippen LogP contribution < -0.4 is 10.6 Å². The topological polar surface area (TPSA) is 75.4 Å². The normalized spacial score (nSPS) is 15.2. The number of anilines is 1. The highest BCUT2D eigenvalue weighted by Crippen LogP contribution is 2.29. The first-order valence-electron chi connectivity index (χ1n) is 8.67. The van der Waals surface area contributed by atoms with Gasteiger partial charge in [-0.1, -0.05) is 20.8 Å². The molecule has 0 atom stereocenters. The SMILES string of the molecule is CCc1nsc(N2CCCN(C(=O)C(CC)(CC)CN)CC2)n1.Cl.Cl. The van der Waals surface area contributed by atoms with Gasteiger partial charge in [-0.25, -0.2) is 4.98 Å². The molecule has 9 heteroatoms. The van der Waals surface area contributed by atoms with E-state index in [0.717, 1.165) is 62.8 Å². The maximum Gasteiger partial charge on any atom is 0.230 e. The molecule has 1 saturated heterocycles. The van der Waals surface area contributed by atoms with Gasteiger partial charge in [0.15, 0.2) is 0 Å². The number of carbonyl (C=O) groups excluding carboxylic acids is 1. The summed E-state index contributed by atoms with van der Waals surface area (Å²) in [5.74, 6) is 1.12. The van der Waals surface area contributed by atoms with Crippen molar-refractivity contribution in [1.82, 2.24) is 14.3 Å². The van der Waals surface area contributed by atoms with E-state index in [-0.39, 0.29) is 30.7 Å². The van der Waals surface area contributed by atoms with Gasteiger partial charge < -0.3 is 15.5 Å². The second-order valence-electron chi connectivity index (χ2n) is 6.17. The molecule has 1 aliphatic rings. The van der Waals surface area contributed by atoms with Gasteiger partial charge in [0, 0.05) is 50.7 Å².